The van der Waals surface area contributed by atoms with Crippen LogP contribution in [0.3, 0.4) is 0 Å². The van der Waals surface area contributed by atoms with Crippen LogP contribution < -0.4 is 0 Å². The monoisotopic (exact) mass is 408 g/mol. The fourth-order valence-corrected chi connectivity index (χ4v) is 5.24. The molecule has 1 aromatic heterocycles. The third kappa shape index (κ3) is 5.00. The topological polar surface area (TPSA) is 52.1 Å². The number of fused-ring (bicyclic) bond motifs is 1. The first kappa shape index (κ1) is 21.4. The molecule has 2 unspecified atom stereocenters. The molecule has 152 valence electrons. The fraction of sp³-hybridized carbons (Fsp3) is 0.458. The largest absolute Gasteiger partial charge is 0.465 e. The summed E-state index contributed by atoms with van der Waals surface area (Å²) in [6, 6.07) is 8.51. The predicted octanol–water partition coefficient (Wildman–Crippen LogP) is 4.97. The lowest BCUT2D eigenvalue weighted by Crippen LogP contribution is -2.23. The van der Waals surface area contributed by atoms with E-state index in [2.05, 4.69) is 47.9 Å². The Morgan fingerprint density at radius 2 is 2.07 bits per heavy atom. The second-order valence-electron chi connectivity index (χ2n) is 7.95. The summed E-state index contributed by atoms with van der Waals surface area (Å²) in [7, 11) is 0. The highest BCUT2D eigenvalue weighted by atomic mass is 32.2. The van der Waals surface area contributed by atoms with E-state index in [4.69, 9.17) is 11.2 Å². The molecule has 0 fully saturated rings. The van der Waals surface area contributed by atoms with Crippen molar-refractivity contribution in [3.05, 3.63) is 53.6 Å². The van der Waals surface area contributed by atoms with Gasteiger partial charge in [-0.15, -0.1) is 18.2 Å². The van der Waals surface area contributed by atoms with Gasteiger partial charge in [0, 0.05) is 23.2 Å². The fourth-order valence-electron chi connectivity index (χ4n) is 3.75. The van der Waals surface area contributed by atoms with Gasteiger partial charge in [0.25, 0.3) is 0 Å². The normalized spacial score (nSPS) is 16.9. The Kier molecular flexibility index (Phi) is 6.97. The quantitative estimate of drug-likeness (QED) is 0.478. The Morgan fingerprint density at radius 3 is 2.76 bits per heavy atom. The summed E-state index contributed by atoms with van der Waals surface area (Å²) >= 11 is 1.92. The zero-order valence-electron chi connectivity index (χ0n) is 17.4. The van der Waals surface area contributed by atoms with Crippen molar-refractivity contribution in [1.29, 1.82) is 0 Å². The number of terminal acetylenes is 1. The van der Waals surface area contributed by atoms with Crippen molar-refractivity contribution in [3.8, 4) is 12.3 Å². The van der Waals surface area contributed by atoms with E-state index >= 15 is 0 Å². The highest BCUT2D eigenvalue weighted by Gasteiger charge is 2.30. The van der Waals surface area contributed by atoms with Gasteiger partial charge in [0.1, 0.15) is 11.7 Å². The van der Waals surface area contributed by atoms with Crippen LogP contribution >= 0.6 is 11.8 Å². The van der Waals surface area contributed by atoms with E-state index in [1.807, 2.05) is 17.8 Å². The van der Waals surface area contributed by atoms with Crippen molar-refractivity contribution >= 4 is 17.7 Å². The summed E-state index contributed by atoms with van der Waals surface area (Å²) in [4.78, 5) is 22.5. The molecule has 0 bridgehead atoms. The molecule has 0 amide bonds. The summed E-state index contributed by atoms with van der Waals surface area (Å²) in [5.74, 6) is 3.60. The Morgan fingerprint density at radius 1 is 1.31 bits per heavy atom. The molecule has 0 radical (unpaired) electrons. The first-order valence-corrected chi connectivity index (χ1v) is 11.1. The lowest BCUT2D eigenvalue weighted by atomic mass is 9.79. The predicted molar refractivity (Wildman–Crippen MR) is 117 cm³/mol. The van der Waals surface area contributed by atoms with Crippen molar-refractivity contribution in [1.82, 2.24) is 9.97 Å². The van der Waals surface area contributed by atoms with Crippen LogP contribution in [0.5, 0.6) is 0 Å². The number of thioether (sulfide) groups is 1. The summed E-state index contributed by atoms with van der Waals surface area (Å²) in [5.41, 5.74) is 2.70. The van der Waals surface area contributed by atoms with Crippen LogP contribution in [0.25, 0.3) is 0 Å². The number of ether oxygens (including phenoxy) is 1. The van der Waals surface area contributed by atoms with E-state index in [0.29, 0.717) is 19.4 Å². The van der Waals surface area contributed by atoms with E-state index in [1.165, 1.54) is 16.0 Å². The van der Waals surface area contributed by atoms with E-state index < -0.39 is 5.92 Å². The SMILES string of the molecule is C#CC(CCC(c1ccc2c(c1)C(C)(C)CCS2)c1ncccn1)C(=O)OCC. The second kappa shape index (κ2) is 9.45. The number of carbonyl (C=O) groups excluding carboxylic acids is 1. The van der Waals surface area contributed by atoms with Gasteiger partial charge in [-0.25, -0.2) is 9.97 Å². The molecule has 3 rings (SSSR count). The van der Waals surface area contributed by atoms with Gasteiger partial charge >= 0.3 is 5.97 Å². The Bertz CT molecular complexity index is 889. The third-order valence-corrected chi connectivity index (χ3v) is 6.61. The molecular weight excluding hydrogens is 380 g/mol. The standard InChI is InChI=1S/C24H28N2O2S/c1-5-17(23(27)28-6-2)8-10-19(22-25-13-7-14-26-22)18-9-11-21-20(16-18)24(3,4)12-15-29-21/h1,7,9,11,13-14,16-17,19H,6,8,10,12,15H2,2-4H3. The van der Waals surface area contributed by atoms with Crippen LogP contribution in [0.4, 0.5) is 0 Å². The Balaban J connectivity index is 1.91. The van der Waals surface area contributed by atoms with Gasteiger partial charge in [0.2, 0.25) is 0 Å². The lowest BCUT2D eigenvalue weighted by molar-refractivity contribution is -0.146. The molecule has 0 aliphatic carbocycles. The molecule has 4 nitrogen and oxygen atoms in total. The molecule has 2 aromatic rings. The first-order chi connectivity index (χ1) is 14.0. The lowest BCUT2D eigenvalue weighted by Gasteiger charge is -2.33. The third-order valence-electron chi connectivity index (χ3n) is 5.53. The minimum Gasteiger partial charge on any atom is -0.465 e. The maximum atomic E-state index is 12.1. The van der Waals surface area contributed by atoms with Crippen LogP contribution in [0, 0.1) is 18.3 Å². The van der Waals surface area contributed by atoms with Gasteiger partial charge in [-0.3, -0.25) is 4.79 Å². The van der Waals surface area contributed by atoms with Crippen LogP contribution in [0.15, 0.2) is 41.6 Å². The van der Waals surface area contributed by atoms with Crippen molar-refractivity contribution in [2.75, 3.05) is 12.4 Å². The molecule has 0 saturated heterocycles. The van der Waals surface area contributed by atoms with E-state index in [9.17, 15) is 4.79 Å². The highest BCUT2D eigenvalue weighted by molar-refractivity contribution is 7.99. The molecule has 1 aliphatic heterocycles. The van der Waals surface area contributed by atoms with Crippen molar-refractivity contribution < 1.29 is 9.53 Å². The maximum Gasteiger partial charge on any atom is 0.321 e. The van der Waals surface area contributed by atoms with Crippen LogP contribution in [-0.2, 0) is 14.9 Å². The Hall–Kier alpha value is -2.32. The van der Waals surface area contributed by atoms with Gasteiger partial charge in [0.05, 0.1) is 6.61 Å². The summed E-state index contributed by atoms with van der Waals surface area (Å²) in [5, 5.41) is 0. The number of hydrogen-bond acceptors (Lipinski definition) is 5. The molecule has 1 aliphatic rings. The smallest absolute Gasteiger partial charge is 0.321 e. The van der Waals surface area contributed by atoms with Crippen LogP contribution in [0.1, 0.15) is 62.9 Å². The molecule has 1 aromatic carbocycles. The second-order valence-corrected chi connectivity index (χ2v) is 9.08. The number of aromatic nitrogens is 2. The number of nitrogens with zero attached hydrogens (tertiary/aromatic N) is 2. The molecule has 5 heteroatoms. The molecule has 0 spiro atoms. The summed E-state index contributed by atoms with van der Waals surface area (Å²) < 4.78 is 5.12. The maximum absolute atomic E-state index is 12.1. The minimum absolute atomic E-state index is 0.0190. The average Bonchev–Trinajstić information content (AvgIpc) is 2.72. The van der Waals surface area contributed by atoms with E-state index in [-0.39, 0.29) is 17.3 Å². The zero-order valence-corrected chi connectivity index (χ0v) is 18.2. The van der Waals surface area contributed by atoms with Gasteiger partial charge in [-0.2, -0.15) is 0 Å². The Labute approximate surface area is 177 Å². The van der Waals surface area contributed by atoms with Crippen molar-refractivity contribution in [2.24, 2.45) is 5.92 Å². The van der Waals surface area contributed by atoms with Gasteiger partial charge in [-0.05, 0) is 60.6 Å². The molecule has 2 atom stereocenters. The van der Waals surface area contributed by atoms with E-state index in [1.54, 1.807) is 19.3 Å². The van der Waals surface area contributed by atoms with E-state index in [0.717, 1.165) is 18.0 Å². The number of rotatable bonds is 7. The molecule has 0 N–H and O–H groups in total. The van der Waals surface area contributed by atoms with Crippen molar-refractivity contribution in [2.45, 2.75) is 56.3 Å². The average molecular weight is 409 g/mol. The summed E-state index contributed by atoms with van der Waals surface area (Å²) in [6.07, 6.45) is 11.5. The summed E-state index contributed by atoms with van der Waals surface area (Å²) in [6.45, 7) is 6.73. The number of esters is 1. The molecule has 0 saturated carbocycles. The minimum atomic E-state index is -0.550. The van der Waals surface area contributed by atoms with Crippen LogP contribution in [0.2, 0.25) is 0 Å². The zero-order chi connectivity index (χ0) is 20.9. The first-order valence-electron chi connectivity index (χ1n) is 10.1. The van der Waals surface area contributed by atoms with Gasteiger partial charge in [0.15, 0.2) is 0 Å². The highest BCUT2D eigenvalue weighted by Crippen LogP contribution is 2.43. The number of hydrogen-bond donors (Lipinski definition) is 0. The van der Waals surface area contributed by atoms with Gasteiger partial charge in [-0.1, -0.05) is 31.9 Å². The molecular formula is C24H28N2O2S. The number of benzene rings is 1. The van der Waals surface area contributed by atoms with Gasteiger partial charge < -0.3 is 4.74 Å². The van der Waals surface area contributed by atoms with Crippen molar-refractivity contribution in [3.63, 3.8) is 0 Å². The molecule has 2 heterocycles. The number of carbonyl (C=O) groups is 1. The molecule has 29 heavy (non-hydrogen) atoms. The van der Waals surface area contributed by atoms with Crippen LogP contribution in [-0.4, -0.2) is 28.3 Å².